The summed E-state index contributed by atoms with van der Waals surface area (Å²) < 4.78 is 26.0. The van der Waals surface area contributed by atoms with Crippen LogP contribution in [0.15, 0.2) is 70.2 Å². The number of hydrazone groups is 1. The van der Waals surface area contributed by atoms with Gasteiger partial charge in [0.25, 0.3) is 5.91 Å². The van der Waals surface area contributed by atoms with Gasteiger partial charge < -0.3 is 9.47 Å². The first-order valence-corrected chi connectivity index (χ1v) is 10.7. The molecule has 0 aliphatic heterocycles. The molecule has 0 aromatic heterocycles. The van der Waals surface area contributed by atoms with E-state index < -0.39 is 0 Å². The lowest BCUT2D eigenvalue weighted by molar-refractivity contribution is 0.0955. The molecular formula is C22H17BrFIN2O3. The van der Waals surface area contributed by atoms with Crippen molar-refractivity contribution in [1.82, 2.24) is 5.43 Å². The highest BCUT2D eigenvalue weighted by molar-refractivity contribution is 14.1. The topological polar surface area (TPSA) is 59.9 Å². The van der Waals surface area contributed by atoms with Gasteiger partial charge in [0, 0.05) is 10.0 Å². The van der Waals surface area contributed by atoms with Gasteiger partial charge in [-0.25, -0.2) is 9.82 Å². The molecule has 30 heavy (non-hydrogen) atoms. The summed E-state index contributed by atoms with van der Waals surface area (Å²) in [6.07, 6.45) is 1.53. The lowest BCUT2D eigenvalue weighted by atomic mass is 10.2. The van der Waals surface area contributed by atoms with Crippen molar-refractivity contribution in [2.24, 2.45) is 5.10 Å². The molecule has 0 saturated heterocycles. The predicted molar refractivity (Wildman–Crippen MR) is 126 cm³/mol. The molecular weight excluding hydrogens is 566 g/mol. The minimum absolute atomic E-state index is 0.281. The normalized spacial score (nSPS) is 10.8. The van der Waals surface area contributed by atoms with Crippen LogP contribution in [0.3, 0.4) is 0 Å². The summed E-state index contributed by atoms with van der Waals surface area (Å²) in [6, 6.07) is 16.8. The average Bonchev–Trinajstić information content (AvgIpc) is 2.73. The zero-order valence-corrected chi connectivity index (χ0v) is 19.6. The van der Waals surface area contributed by atoms with Gasteiger partial charge in [-0.1, -0.05) is 34.1 Å². The second kappa shape index (κ2) is 10.5. The predicted octanol–water partition coefficient (Wildman–Crippen LogP) is 5.54. The van der Waals surface area contributed by atoms with Gasteiger partial charge in [0.1, 0.15) is 12.4 Å². The maximum absolute atomic E-state index is 13.0. The number of halogens is 3. The largest absolute Gasteiger partial charge is 0.493 e. The molecule has 154 valence electrons. The van der Waals surface area contributed by atoms with Crippen LogP contribution in [-0.2, 0) is 6.61 Å². The van der Waals surface area contributed by atoms with Crippen LogP contribution in [0.5, 0.6) is 11.5 Å². The number of benzene rings is 3. The van der Waals surface area contributed by atoms with E-state index in [4.69, 9.17) is 9.47 Å². The van der Waals surface area contributed by atoms with Crippen molar-refractivity contribution in [3.63, 3.8) is 0 Å². The van der Waals surface area contributed by atoms with Gasteiger partial charge in [0.05, 0.1) is 16.9 Å². The lowest BCUT2D eigenvalue weighted by Gasteiger charge is -2.13. The van der Waals surface area contributed by atoms with Gasteiger partial charge in [-0.15, -0.1) is 0 Å². The van der Waals surface area contributed by atoms with Crippen molar-refractivity contribution in [2.45, 2.75) is 6.61 Å². The van der Waals surface area contributed by atoms with E-state index in [9.17, 15) is 9.18 Å². The van der Waals surface area contributed by atoms with Crippen LogP contribution in [0, 0.1) is 9.39 Å². The van der Waals surface area contributed by atoms with E-state index in [1.165, 1.54) is 18.3 Å². The molecule has 0 aliphatic carbocycles. The molecule has 3 aromatic rings. The summed E-state index contributed by atoms with van der Waals surface area (Å²) in [6.45, 7) is 0.281. The van der Waals surface area contributed by atoms with E-state index >= 15 is 0 Å². The number of rotatable bonds is 7. The highest BCUT2D eigenvalue weighted by Gasteiger charge is 2.12. The highest BCUT2D eigenvalue weighted by atomic mass is 127. The Bertz CT molecular complexity index is 1070. The molecule has 0 fully saturated rings. The van der Waals surface area contributed by atoms with Gasteiger partial charge in [0.2, 0.25) is 0 Å². The Kier molecular flexibility index (Phi) is 7.81. The van der Waals surface area contributed by atoms with Crippen LogP contribution in [0.2, 0.25) is 0 Å². The van der Waals surface area contributed by atoms with Crippen molar-refractivity contribution in [2.75, 3.05) is 7.11 Å². The van der Waals surface area contributed by atoms with Crippen molar-refractivity contribution >= 4 is 50.6 Å². The number of hydrogen-bond donors (Lipinski definition) is 1. The van der Waals surface area contributed by atoms with Crippen molar-refractivity contribution in [1.29, 1.82) is 0 Å². The first-order valence-electron chi connectivity index (χ1n) is 8.80. The van der Waals surface area contributed by atoms with Crippen LogP contribution in [0.1, 0.15) is 21.5 Å². The van der Waals surface area contributed by atoms with E-state index in [2.05, 4.69) is 49.0 Å². The Hall–Kier alpha value is -2.46. The molecule has 0 bridgehead atoms. The minimum atomic E-state index is -0.312. The number of nitrogens with one attached hydrogen (secondary N) is 1. The third-order valence-corrected chi connectivity index (χ3v) is 5.31. The van der Waals surface area contributed by atoms with Gasteiger partial charge in [-0.05, 0) is 76.2 Å². The number of amides is 1. The molecule has 1 N–H and O–H groups in total. The quantitative estimate of drug-likeness (QED) is 0.226. The number of ether oxygens (including phenoxy) is 2. The van der Waals surface area contributed by atoms with Crippen molar-refractivity contribution in [3.8, 4) is 11.5 Å². The first kappa shape index (κ1) is 22.2. The summed E-state index contributed by atoms with van der Waals surface area (Å²) in [7, 11) is 1.55. The fraction of sp³-hybridized carbons (Fsp3) is 0.0909. The summed E-state index contributed by atoms with van der Waals surface area (Å²) in [5.41, 5.74) is 4.58. The Morgan fingerprint density at radius 3 is 2.67 bits per heavy atom. The first-order chi connectivity index (χ1) is 14.5. The lowest BCUT2D eigenvalue weighted by Crippen LogP contribution is -2.17. The van der Waals surface area contributed by atoms with Crippen LogP contribution in [0.4, 0.5) is 4.39 Å². The maximum Gasteiger partial charge on any atom is 0.271 e. The third-order valence-electron chi connectivity index (χ3n) is 4.01. The van der Waals surface area contributed by atoms with Gasteiger partial charge in [-0.2, -0.15) is 5.10 Å². The Balaban J connectivity index is 1.69. The van der Waals surface area contributed by atoms with E-state index in [0.29, 0.717) is 17.1 Å². The van der Waals surface area contributed by atoms with E-state index in [1.807, 2.05) is 12.1 Å². The van der Waals surface area contributed by atoms with Crippen LogP contribution >= 0.6 is 38.5 Å². The molecule has 1 amide bonds. The van der Waals surface area contributed by atoms with E-state index in [-0.39, 0.29) is 18.3 Å². The zero-order chi connectivity index (χ0) is 21.5. The maximum atomic E-state index is 13.0. The van der Waals surface area contributed by atoms with Crippen LogP contribution in [-0.4, -0.2) is 19.2 Å². The molecule has 0 unspecified atom stereocenters. The Labute approximate surface area is 195 Å². The molecule has 0 saturated carbocycles. The van der Waals surface area contributed by atoms with Crippen LogP contribution < -0.4 is 14.9 Å². The molecule has 0 heterocycles. The smallest absolute Gasteiger partial charge is 0.271 e. The monoisotopic (exact) mass is 582 g/mol. The van der Waals surface area contributed by atoms with Gasteiger partial charge in [-0.3, -0.25) is 4.79 Å². The number of methoxy groups -OCH3 is 1. The second-order valence-electron chi connectivity index (χ2n) is 6.16. The number of carbonyl (C=O) groups is 1. The molecule has 3 aromatic carbocycles. The molecule has 0 atom stereocenters. The summed E-state index contributed by atoms with van der Waals surface area (Å²) in [5, 5.41) is 4.02. The number of nitrogens with zero attached hydrogens (tertiary/aromatic N) is 1. The molecule has 0 radical (unpaired) electrons. The average molecular weight is 583 g/mol. The molecule has 3 rings (SSSR count). The summed E-state index contributed by atoms with van der Waals surface area (Å²) >= 11 is 5.48. The number of carbonyl (C=O) groups excluding carboxylic acids is 1. The standard InChI is InChI=1S/C22H17BrFIN2O3/c1-29-20-10-15(12-26-27-22(28)16-3-2-4-17(23)11-16)9-19(25)21(20)30-13-14-5-7-18(24)8-6-14/h2-12H,13H2,1H3,(H,27,28)/b26-12-. The van der Waals surface area contributed by atoms with Crippen LogP contribution in [0.25, 0.3) is 0 Å². The highest BCUT2D eigenvalue weighted by Crippen LogP contribution is 2.34. The van der Waals surface area contributed by atoms with Crippen molar-refractivity contribution < 1.29 is 18.7 Å². The van der Waals surface area contributed by atoms with Gasteiger partial charge in [0.15, 0.2) is 11.5 Å². The molecule has 0 aliphatic rings. The second-order valence-corrected chi connectivity index (χ2v) is 8.24. The fourth-order valence-electron chi connectivity index (χ4n) is 2.55. The van der Waals surface area contributed by atoms with E-state index in [1.54, 1.807) is 43.5 Å². The third kappa shape index (κ3) is 6.02. The number of hydrogen-bond acceptors (Lipinski definition) is 4. The van der Waals surface area contributed by atoms with E-state index in [0.717, 1.165) is 19.2 Å². The Morgan fingerprint density at radius 1 is 1.20 bits per heavy atom. The van der Waals surface area contributed by atoms with Crippen molar-refractivity contribution in [3.05, 3.63) is 91.2 Å². The fourth-order valence-corrected chi connectivity index (χ4v) is 3.73. The minimum Gasteiger partial charge on any atom is -0.493 e. The molecule has 8 heteroatoms. The molecule has 5 nitrogen and oxygen atoms in total. The summed E-state index contributed by atoms with van der Waals surface area (Å²) in [4.78, 5) is 12.2. The zero-order valence-electron chi connectivity index (χ0n) is 15.9. The molecule has 0 spiro atoms. The summed E-state index contributed by atoms with van der Waals surface area (Å²) in [5.74, 6) is 0.511. The SMILES string of the molecule is COc1cc(/C=N\NC(=O)c2cccc(Br)c2)cc(I)c1OCc1ccc(F)cc1. The van der Waals surface area contributed by atoms with Gasteiger partial charge >= 0.3 is 0 Å². The Morgan fingerprint density at radius 2 is 1.97 bits per heavy atom.